The summed E-state index contributed by atoms with van der Waals surface area (Å²) in [5.74, 6) is 1.85. The summed E-state index contributed by atoms with van der Waals surface area (Å²) >= 11 is 0. The number of nitrogens with one attached hydrogen (secondary N) is 1. The Balaban J connectivity index is -0.000000155. The molecule has 1 aliphatic carbocycles. The van der Waals surface area contributed by atoms with E-state index in [1.807, 2.05) is 54.7 Å². The lowest BCUT2D eigenvalue weighted by atomic mass is 9.92. The monoisotopic (exact) mass is 586 g/mol. The van der Waals surface area contributed by atoms with E-state index < -0.39 is 0 Å². The quantitative estimate of drug-likeness (QED) is 0.227. The number of hydrogen-bond acceptors (Lipinski definition) is 1. The second-order valence-corrected chi connectivity index (χ2v) is 10.2. The van der Waals surface area contributed by atoms with Gasteiger partial charge in [-0.1, -0.05) is 168 Å². The SMILES string of the molecule is C=C.C=CC1=CC=C(C)CC1.CC.CC.CC.CCCC(C)CCC.CCCC(CCNC)CCc1ccc(C)cc1. The first-order valence-corrected chi connectivity index (χ1v) is 17.6. The van der Waals surface area contributed by atoms with Gasteiger partial charge in [0.25, 0.3) is 0 Å². The van der Waals surface area contributed by atoms with Crippen molar-refractivity contribution in [3.05, 3.63) is 84.5 Å². The highest BCUT2D eigenvalue weighted by Crippen LogP contribution is 2.19. The molecule has 1 atom stereocenters. The molecular formula is C41H79N. The number of rotatable bonds is 13. The Kier molecular flexibility index (Phi) is 51.7. The molecule has 1 heteroatoms. The van der Waals surface area contributed by atoms with Crippen molar-refractivity contribution in [2.24, 2.45) is 11.8 Å². The lowest BCUT2D eigenvalue weighted by molar-refractivity contribution is 0.410. The first-order chi connectivity index (χ1) is 20.4. The van der Waals surface area contributed by atoms with Gasteiger partial charge in [-0.25, -0.2) is 0 Å². The van der Waals surface area contributed by atoms with Gasteiger partial charge >= 0.3 is 0 Å². The van der Waals surface area contributed by atoms with Crippen LogP contribution in [0.2, 0.25) is 0 Å². The van der Waals surface area contributed by atoms with Gasteiger partial charge in [0.05, 0.1) is 0 Å². The molecule has 0 spiro atoms. The number of allylic oxidation sites excluding steroid dienone is 5. The fraction of sp³-hybridized carbons (Fsp3) is 0.659. The summed E-state index contributed by atoms with van der Waals surface area (Å²) in [6.07, 6.45) is 20.7. The lowest BCUT2D eigenvalue weighted by Crippen LogP contribution is -2.13. The van der Waals surface area contributed by atoms with Crippen LogP contribution in [0, 0.1) is 18.8 Å². The van der Waals surface area contributed by atoms with Gasteiger partial charge in [-0.2, -0.15) is 0 Å². The lowest BCUT2D eigenvalue weighted by Gasteiger charge is -2.15. The summed E-state index contributed by atoms with van der Waals surface area (Å²) in [4.78, 5) is 0. The van der Waals surface area contributed by atoms with Gasteiger partial charge in [0.15, 0.2) is 0 Å². The van der Waals surface area contributed by atoms with Gasteiger partial charge < -0.3 is 5.32 Å². The van der Waals surface area contributed by atoms with Crippen LogP contribution in [0.4, 0.5) is 0 Å². The normalized spacial score (nSPS) is 11.6. The third kappa shape index (κ3) is 36.2. The zero-order valence-electron chi connectivity index (χ0n) is 31.3. The standard InChI is InChI=1S/C16H27N.C9H12.C8H18.3C2H6.C2H4/c1-4-5-15(12-13-17-3)10-11-16-8-6-14(2)7-9-16;1-3-9-6-4-8(2)5-7-9;1-4-6-8(3)7-5-2;4*1-2/h6-9,15,17H,4-5,10-13H2,1-3H3;3-4,6H,1,5,7H2,2H3;8H,4-7H2,1-3H3;3*1-2H3;1-2H2. The van der Waals surface area contributed by atoms with Crippen molar-refractivity contribution >= 4 is 0 Å². The molecule has 0 saturated heterocycles. The van der Waals surface area contributed by atoms with Gasteiger partial charge in [-0.05, 0) is 82.5 Å². The van der Waals surface area contributed by atoms with Crippen LogP contribution < -0.4 is 5.32 Å². The Morgan fingerprint density at radius 1 is 0.738 bits per heavy atom. The molecule has 0 heterocycles. The first kappa shape index (κ1) is 49.8. The molecule has 1 aromatic rings. The molecule has 0 saturated carbocycles. The fourth-order valence-corrected chi connectivity index (χ4v) is 4.37. The Hall–Kier alpha value is -1.86. The second kappa shape index (κ2) is 43.6. The van der Waals surface area contributed by atoms with Crippen LogP contribution in [0.25, 0.3) is 0 Å². The minimum Gasteiger partial charge on any atom is -0.320 e. The van der Waals surface area contributed by atoms with Crippen LogP contribution in [0.15, 0.2) is 73.4 Å². The molecule has 248 valence electrons. The number of benzene rings is 1. The van der Waals surface area contributed by atoms with E-state index in [0.717, 1.165) is 18.4 Å². The molecule has 0 aromatic heterocycles. The van der Waals surface area contributed by atoms with E-state index in [1.54, 1.807) is 0 Å². The zero-order valence-corrected chi connectivity index (χ0v) is 31.3. The minimum atomic E-state index is 0.883. The van der Waals surface area contributed by atoms with Crippen molar-refractivity contribution in [3.63, 3.8) is 0 Å². The molecule has 1 aromatic carbocycles. The fourth-order valence-electron chi connectivity index (χ4n) is 4.37. The molecule has 0 amide bonds. The van der Waals surface area contributed by atoms with E-state index in [-0.39, 0.29) is 0 Å². The average molecular weight is 586 g/mol. The summed E-state index contributed by atoms with van der Waals surface area (Å²) in [6, 6.07) is 8.99. The predicted octanol–water partition coefficient (Wildman–Crippen LogP) is 13.9. The maximum absolute atomic E-state index is 3.71. The molecule has 1 nitrogen and oxygen atoms in total. The molecule has 2 rings (SSSR count). The molecule has 1 unspecified atom stereocenters. The van der Waals surface area contributed by atoms with Crippen molar-refractivity contribution < 1.29 is 0 Å². The van der Waals surface area contributed by atoms with Crippen LogP contribution in [0.1, 0.15) is 151 Å². The molecule has 42 heavy (non-hydrogen) atoms. The smallest absolute Gasteiger partial charge is 0.00493 e. The van der Waals surface area contributed by atoms with Gasteiger partial charge in [-0.3, -0.25) is 0 Å². The first-order valence-electron chi connectivity index (χ1n) is 17.6. The van der Waals surface area contributed by atoms with Gasteiger partial charge in [0.2, 0.25) is 0 Å². The van der Waals surface area contributed by atoms with Crippen molar-refractivity contribution in [2.45, 2.75) is 154 Å². The van der Waals surface area contributed by atoms with Crippen molar-refractivity contribution in [2.75, 3.05) is 13.6 Å². The Morgan fingerprint density at radius 2 is 1.24 bits per heavy atom. The highest BCUT2D eigenvalue weighted by molar-refractivity contribution is 5.28. The molecule has 0 bridgehead atoms. The Bertz CT molecular complexity index is 673. The van der Waals surface area contributed by atoms with Crippen LogP contribution in [0.5, 0.6) is 0 Å². The maximum atomic E-state index is 3.71. The van der Waals surface area contributed by atoms with Gasteiger partial charge in [0.1, 0.15) is 0 Å². The highest BCUT2D eigenvalue weighted by atomic mass is 14.8. The predicted molar refractivity (Wildman–Crippen MR) is 202 cm³/mol. The van der Waals surface area contributed by atoms with E-state index >= 15 is 0 Å². The molecule has 0 radical (unpaired) electrons. The Morgan fingerprint density at radius 3 is 1.62 bits per heavy atom. The van der Waals surface area contributed by atoms with E-state index in [4.69, 9.17) is 0 Å². The summed E-state index contributed by atoms with van der Waals surface area (Å²) in [5, 5.41) is 3.26. The van der Waals surface area contributed by atoms with Crippen LogP contribution in [-0.2, 0) is 6.42 Å². The van der Waals surface area contributed by atoms with Crippen molar-refractivity contribution in [3.8, 4) is 0 Å². The van der Waals surface area contributed by atoms with Gasteiger partial charge in [-0.15, -0.1) is 13.2 Å². The van der Waals surface area contributed by atoms with E-state index in [9.17, 15) is 0 Å². The van der Waals surface area contributed by atoms with Crippen molar-refractivity contribution in [1.29, 1.82) is 0 Å². The third-order valence-electron chi connectivity index (χ3n) is 6.68. The summed E-state index contributed by atoms with van der Waals surface area (Å²) < 4.78 is 0. The molecule has 1 N–H and O–H groups in total. The average Bonchev–Trinajstić information content (AvgIpc) is 3.04. The van der Waals surface area contributed by atoms with Crippen LogP contribution in [-0.4, -0.2) is 13.6 Å². The largest absolute Gasteiger partial charge is 0.320 e. The highest BCUT2D eigenvalue weighted by Gasteiger charge is 2.07. The van der Waals surface area contributed by atoms with E-state index in [2.05, 4.69) is 103 Å². The van der Waals surface area contributed by atoms with Crippen LogP contribution in [0.3, 0.4) is 0 Å². The molecular weight excluding hydrogens is 506 g/mol. The molecule has 0 fully saturated rings. The summed E-state index contributed by atoms with van der Waals surface area (Å²) in [6.45, 7) is 36.3. The second-order valence-electron chi connectivity index (χ2n) is 10.2. The van der Waals surface area contributed by atoms with E-state index in [0.29, 0.717) is 0 Å². The third-order valence-corrected chi connectivity index (χ3v) is 6.68. The summed E-state index contributed by atoms with van der Waals surface area (Å²) in [5.41, 5.74) is 5.68. The van der Waals surface area contributed by atoms with Gasteiger partial charge in [0, 0.05) is 0 Å². The Labute approximate surface area is 268 Å². The topological polar surface area (TPSA) is 12.0 Å². The van der Waals surface area contributed by atoms with Crippen molar-refractivity contribution in [1.82, 2.24) is 5.32 Å². The number of hydrogen-bond donors (Lipinski definition) is 1. The number of aryl methyl sites for hydroxylation is 2. The minimum absolute atomic E-state index is 0.883. The maximum Gasteiger partial charge on any atom is -0.00493 e. The van der Waals surface area contributed by atoms with E-state index in [1.165, 1.54) is 92.9 Å². The molecule has 1 aliphatic rings. The molecule has 0 aliphatic heterocycles. The van der Waals surface area contributed by atoms with Crippen LogP contribution >= 0.6 is 0 Å². The zero-order chi connectivity index (χ0) is 33.6. The summed E-state index contributed by atoms with van der Waals surface area (Å²) in [7, 11) is 2.04.